The Bertz CT molecular complexity index is 574. The maximum atomic E-state index is 9.98. The van der Waals surface area contributed by atoms with Crippen LogP contribution in [0.2, 0.25) is 0 Å². The Morgan fingerprint density at radius 3 is 2.21 bits per heavy atom. The van der Waals surface area contributed by atoms with E-state index in [-0.39, 0.29) is 11.7 Å². The highest BCUT2D eigenvalue weighted by Crippen LogP contribution is 2.36. The maximum absolute atomic E-state index is 9.98. The van der Waals surface area contributed by atoms with E-state index in [2.05, 4.69) is 0 Å². The lowest BCUT2D eigenvalue weighted by molar-refractivity contribution is 0.415. The predicted octanol–water partition coefficient (Wildman–Crippen LogP) is 3.77. The number of rotatable bonds is 3. The lowest BCUT2D eigenvalue weighted by Gasteiger charge is -2.13. The molecule has 0 bridgehead atoms. The van der Waals surface area contributed by atoms with Crippen LogP contribution >= 0.6 is 0 Å². The molecule has 0 radical (unpaired) electrons. The minimum Gasteiger partial charge on any atom is -0.505 e. The van der Waals surface area contributed by atoms with Crippen molar-refractivity contribution >= 4 is 5.69 Å². The number of methoxy groups -OCH3 is 1. The topological polar surface area (TPSA) is 55.5 Å². The average molecular weight is 257 g/mol. The highest BCUT2D eigenvalue weighted by atomic mass is 16.5. The van der Waals surface area contributed by atoms with Crippen LogP contribution in [-0.2, 0) is 0 Å². The smallest absolute Gasteiger partial charge is 0.141 e. The van der Waals surface area contributed by atoms with E-state index in [1.54, 1.807) is 13.2 Å². The summed E-state index contributed by atoms with van der Waals surface area (Å²) in [5, 5.41) is 9.98. The summed E-state index contributed by atoms with van der Waals surface area (Å²) in [6, 6.07) is 11.6. The molecule has 3 N–H and O–H groups in total. The first-order valence-electron chi connectivity index (χ1n) is 6.29. The van der Waals surface area contributed by atoms with Gasteiger partial charge in [-0.15, -0.1) is 0 Å². The van der Waals surface area contributed by atoms with Crippen LogP contribution in [-0.4, -0.2) is 12.2 Å². The molecule has 0 unspecified atom stereocenters. The summed E-state index contributed by atoms with van der Waals surface area (Å²) in [7, 11) is 1.64. The molecule has 0 aliphatic heterocycles. The second-order valence-electron chi connectivity index (χ2n) is 4.89. The predicted molar refractivity (Wildman–Crippen MR) is 78.6 cm³/mol. The summed E-state index contributed by atoms with van der Waals surface area (Å²) in [5.74, 6) is 1.23. The third kappa shape index (κ3) is 2.65. The summed E-state index contributed by atoms with van der Waals surface area (Å²) >= 11 is 0. The standard InChI is InChI=1S/C16H19NO2/c1-10(2)14-8-12(9-15(17)16(14)18)11-4-6-13(19-3)7-5-11/h4-10,18H,17H2,1-3H3. The zero-order chi connectivity index (χ0) is 14.0. The molecule has 0 aromatic heterocycles. The monoisotopic (exact) mass is 257 g/mol. The zero-order valence-electron chi connectivity index (χ0n) is 11.5. The average Bonchev–Trinajstić information content (AvgIpc) is 2.41. The van der Waals surface area contributed by atoms with Crippen LogP contribution in [0, 0.1) is 0 Å². The second-order valence-corrected chi connectivity index (χ2v) is 4.89. The summed E-state index contributed by atoms with van der Waals surface area (Å²) in [6.07, 6.45) is 0. The first kappa shape index (κ1) is 13.3. The van der Waals surface area contributed by atoms with Gasteiger partial charge in [0, 0.05) is 0 Å². The molecule has 19 heavy (non-hydrogen) atoms. The van der Waals surface area contributed by atoms with Gasteiger partial charge in [0.05, 0.1) is 12.8 Å². The fourth-order valence-electron chi connectivity index (χ4n) is 2.07. The van der Waals surface area contributed by atoms with E-state index in [9.17, 15) is 5.11 Å². The molecule has 0 spiro atoms. The van der Waals surface area contributed by atoms with Gasteiger partial charge >= 0.3 is 0 Å². The van der Waals surface area contributed by atoms with Crippen molar-refractivity contribution in [2.45, 2.75) is 19.8 Å². The minimum absolute atomic E-state index is 0.187. The Morgan fingerprint density at radius 1 is 1.05 bits per heavy atom. The summed E-state index contributed by atoms with van der Waals surface area (Å²) < 4.78 is 5.15. The Hall–Kier alpha value is -2.16. The molecular formula is C16H19NO2. The number of phenols is 1. The number of hydrogen-bond donors (Lipinski definition) is 2. The van der Waals surface area contributed by atoms with Crippen molar-refractivity contribution in [1.29, 1.82) is 0 Å². The third-order valence-corrected chi connectivity index (χ3v) is 3.21. The van der Waals surface area contributed by atoms with Crippen molar-refractivity contribution in [3.8, 4) is 22.6 Å². The zero-order valence-corrected chi connectivity index (χ0v) is 11.5. The molecule has 0 saturated carbocycles. The largest absolute Gasteiger partial charge is 0.505 e. The van der Waals surface area contributed by atoms with E-state index >= 15 is 0 Å². The van der Waals surface area contributed by atoms with Gasteiger partial charge in [-0.2, -0.15) is 0 Å². The van der Waals surface area contributed by atoms with Crippen LogP contribution in [0.5, 0.6) is 11.5 Å². The summed E-state index contributed by atoms with van der Waals surface area (Å²) in [4.78, 5) is 0. The van der Waals surface area contributed by atoms with Crippen molar-refractivity contribution in [2.75, 3.05) is 12.8 Å². The molecule has 2 aromatic carbocycles. The van der Waals surface area contributed by atoms with Crippen molar-refractivity contribution in [3.05, 3.63) is 42.0 Å². The molecule has 2 rings (SSSR count). The number of ether oxygens (including phenoxy) is 1. The first-order valence-corrected chi connectivity index (χ1v) is 6.29. The Kier molecular flexibility index (Phi) is 3.65. The van der Waals surface area contributed by atoms with Gasteiger partial charge in [0.2, 0.25) is 0 Å². The molecule has 0 aliphatic carbocycles. The lowest BCUT2D eigenvalue weighted by Crippen LogP contribution is -1.95. The number of nitrogens with two attached hydrogens (primary N) is 1. The van der Waals surface area contributed by atoms with Crippen LogP contribution in [0.1, 0.15) is 25.3 Å². The third-order valence-electron chi connectivity index (χ3n) is 3.21. The minimum atomic E-state index is 0.187. The number of phenolic OH excluding ortho intramolecular Hbond substituents is 1. The lowest BCUT2D eigenvalue weighted by atomic mass is 9.95. The van der Waals surface area contributed by atoms with Crippen LogP contribution in [0.25, 0.3) is 11.1 Å². The van der Waals surface area contributed by atoms with Crippen LogP contribution < -0.4 is 10.5 Å². The number of nitrogen functional groups attached to an aromatic ring is 1. The van der Waals surface area contributed by atoms with Crippen LogP contribution in [0.4, 0.5) is 5.69 Å². The Labute approximate surface area is 113 Å². The van der Waals surface area contributed by atoms with Crippen molar-refractivity contribution in [3.63, 3.8) is 0 Å². The molecule has 0 aliphatic rings. The van der Waals surface area contributed by atoms with Gasteiger partial charge in [-0.1, -0.05) is 26.0 Å². The normalized spacial score (nSPS) is 10.7. The maximum Gasteiger partial charge on any atom is 0.141 e. The molecule has 2 aromatic rings. The van der Waals surface area contributed by atoms with Gasteiger partial charge in [0.1, 0.15) is 11.5 Å². The van der Waals surface area contributed by atoms with E-state index in [1.165, 1.54) is 0 Å². The molecule has 0 atom stereocenters. The van der Waals surface area contributed by atoms with Gasteiger partial charge < -0.3 is 15.6 Å². The van der Waals surface area contributed by atoms with Gasteiger partial charge in [-0.05, 0) is 46.9 Å². The molecule has 0 fully saturated rings. The number of hydrogen-bond acceptors (Lipinski definition) is 3. The van der Waals surface area contributed by atoms with Crippen molar-refractivity contribution < 1.29 is 9.84 Å². The molecule has 0 heterocycles. The molecule has 3 heteroatoms. The quantitative estimate of drug-likeness (QED) is 0.650. The fraction of sp³-hybridized carbons (Fsp3) is 0.250. The Morgan fingerprint density at radius 2 is 1.68 bits per heavy atom. The molecule has 0 saturated heterocycles. The van der Waals surface area contributed by atoms with E-state index in [0.29, 0.717) is 5.69 Å². The van der Waals surface area contributed by atoms with E-state index in [4.69, 9.17) is 10.5 Å². The van der Waals surface area contributed by atoms with Crippen LogP contribution in [0.15, 0.2) is 36.4 Å². The van der Waals surface area contributed by atoms with Gasteiger partial charge in [-0.25, -0.2) is 0 Å². The summed E-state index contributed by atoms with van der Waals surface area (Å²) in [6.45, 7) is 4.07. The first-order chi connectivity index (χ1) is 9.02. The fourth-order valence-corrected chi connectivity index (χ4v) is 2.07. The SMILES string of the molecule is COc1ccc(-c2cc(N)c(O)c(C(C)C)c2)cc1. The van der Waals surface area contributed by atoms with Gasteiger partial charge in [0.25, 0.3) is 0 Å². The van der Waals surface area contributed by atoms with Crippen LogP contribution in [0.3, 0.4) is 0 Å². The molecule has 0 amide bonds. The van der Waals surface area contributed by atoms with Gasteiger partial charge in [-0.3, -0.25) is 0 Å². The van der Waals surface area contributed by atoms with E-state index in [1.807, 2.05) is 44.2 Å². The molecular weight excluding hydrogens is 238 g/mol. The Balaban J connectivity index is 2.49. The highest BCUT2D eigenvalue weighted by molar-refractivity contribution is 5.73. The van der Waals surface area contributed by atoms with Crippen molar-refractivity contribution in [1.82, 2.24) is 0 Å². The second kappa shape index (κ2) is 5.22. The van der Waals surface area contributed by atoms with Gasteiger partial charge in [0.15, 0.2) is 0 Å². The number of anilines is 1. The summed E-state index contributed by atoms with van der Waals surface area (Å²) in [5.41, 5.74) is 9.21. The van der Waals surface area contributed by atoms with E-state index in [0.717, 1.165) is 22.4 Å². The van der Waals surface area contributed by atoms with E-state index < -0.39 is 0 Å². The molecule has 3 nitrogen and oxygen atoms in total. The van der Waals surface area contributed by atoms with Crippen molar-refractivity contribution in [2.24, 2.45) is 0 Å². The highest BCUT2D eigenvalue weighted by Gasteiger charge is 2.11. The number of benzene rings is 2. The molecule has 100 valence electrons. The number of aromatic hydroxyl groups is 1.